The lowest BCUT2D eigenvalue weighted by Crippen LogP contribution is -1.87. The minimum Gasteiger partial charge on any atom is -0.0928 e. The summed E-state index contributed by atoms with van der Waals surface area (Å²) >= 11 is 6.95. The number of rotatable bonds is 3. The lowest BCUT2D eigenvalue weighted by atomic mass is 10.1. The van der Waals surface area contributed by atoms with Crippen LogP contribution in [-0.4, -0.2) is 5.33 Å². The SMILES string of the molecule is Cc1ccc(CCCBr)cc1Br. The van der Waals surface area contributed by atoms with Gasteiger partial charge in [-0.3, -0.25) is 0 Å². The second-order valence-electron chi connectivity index (χ2n) is 2.88. The molecule has 1 rings (SSSR count). The summed E-state index contributed by atoms with van der Waals surface area (Å²) < 4.78 is 1.22. The van der Waals surface area contributed by atoms with Gasteiger partial charge in [-0.15, -0.1) is 0 Å². The molecule has 0 aromatic heterocycles. The first-order valence-electron chi connectivity index (χ1n) is 4.05. The standard InChI is InChI=1S/C10H12Br2/c1-8-4-5-9(3-2-6-11)7-10(8)12/h4-5,7H,2-3,6H2,1H3. The lowest BCUT2D eigenvalue weighted by Gasteiger charge is -2.02. The molecule has 2 heteroatoms. The van der Waals surface area contributed by atoms with Gasteiger partial charge in [-0.2, -0.15) is 0 Å². The second kappa shape index (κ2) is 5.03. The summed E-state index contributed by atoms with van der Waals surface area (Å²) in [5.74, 6) is 0. The van der Waals surface area contributed by atoms with Crippen molar-refractivity contribution in [3.63, 3.8) is 0 Å². The first-order valence-corrected chi connectivity index (χ1v) is 5.96. The molecule has 0 aliphatic carbocycles. The van der Waals surface area contributed by atoms with Gasteiger partial charge in [-0.05, 0) is 37.0 Å². The Morgan fingerprint density at radius 3 is 2.67 bits per heavy atom. The van der Waals surface area contributed by atoms with E-state index in [0.29, 0.717) is 0 Å². The number of aryl methyl sites for hydroxylation is 2. The van der Waals surface area contributed by atoms with E-state index in [1.807, 2.05) is 0 Å². The largest absolute Gasteiger partial charge is 0.0928 e. The van der Waals surface area contributed by atoms with Crippen LogP contribution in [0.3, 0.4) is 0 Å². The van der Waals surface area contributed by atoms with Gasteiger partial charge in [0.2, 0.25) is 0 Å². The van der Waals surface area contributed by atoms with Crippen LogP contribution < -0.4 is 0 Å². The summed E-state index contributed by atoms with van der Waals surface area (Å²) in [5.41, 5.74) is 2.71. The fraction of sp³-hybridized carbons (Fsp3) is 0.400. The maximum atomic E-state index is 3.53. The normalized spacial score (nSPS) is 10.2. The Labute approximate surface area is 90.6 Å². The average molecular weight is 292 g/mol. The fourth-order valence-corrected chi connectivity index (χ4v) is 1.77. The Hall–Kier alpha value is 0.180. The van der Waals surface area contributed by atoms with Gasteiger partial charge >= 0.3 is 0 Å². The van der Waals surface area contributed by atoms with Crippen LogP contribution in [0.4, 0.5) is 0 Å². The highest BCUT2D eigenvalue weighted by atomic mass is 79.9. The molecule has 66 valence electrons. The minimum atomic E-state index is 1.08. The van der Waals surface area contributed by atoms with Crippen molar-refractivity contribution in [3.05, 3.63) is 33.8 Å². The van der Waals surface area contributed by atoms with Crippen LogP contribution in [-0.2, 0) is 6.42 Å². The Bertz CT molecular complexity index is 256. The predicted molar refractivity (Wildman–Crippen MR) is 61.0 cm³/mol. The van der Waals surface area contributed by atoms with Gasteiger partial charge in [-0.1, -0.05) is 44.0 Å². The first kappa shape index (κ1) is 10.3. The van der Waals surface area contributed by atoms with Gasteiger partial charge in [-0.25, -0.2) is 0 Å². The molecule has 0 radical (unpaired) electrons. The van der Waals surface area contributed by atoms with Crippen LogP contribution in [0.2, 0.25) is 0 Å². The van der Waals surface area contributed by atoms with Gasteiger partial charge in [0.05, 0.1) is 0 Å². The van der Waals surface area contributed by atoms with Crippen LogP contribution in [0.1, 0.15) is 17.5 Å². The molecule has 0 unspecified atom stereocenters. The Morgan fingerprint density at radius 2 is 2.08 bits per heavy atom. The van der Waals surface area contributed by atoms with E-state index in [9.17, 15) is 0 Å². The van der Waals surface area contributed by atoms with E-state index >= 15 is 0 Å². The molecular weight excluding hydrogens is 280 g/mol. The Balaban J connectivity index is 2.69. The van der Waals surface area contributed by atoms with Crippen LogP contribution in [0.5, 0.6) is 0 Å². The van der Waals surface area contributed by atoms with Crippen molar-refractivity contribution in [1.29, 1.82) is 0 Å². The van der Waals surface area contributed by atoms with Crippen molar-refractivity contribution in [2.75, 3.05) is 5.33 Å². The number of benzene rings is 1. The topological polar surface area (TPSA) is 0 Å². The average Bonchev–Trinajstić information content (AvgIpc) is 2.07. The monoisotopic (exact) mass is 290 g/mol. The summed E-state index contributed by atoms with van der Waals surface area (Å²) in [4.78, 5) is 0. The highest BCUT2D eigenvalue weighted by Gasteiger charge is 1.96. The molecule has 0 bridgehead atoms. The van der Waals surface area contributed by atoms with Crippen LogP contribution in [0.15, 0.2) is 22.7 Å². The van der Waals surface area contributed by atoms with Gasteiger partial charge in [0, 0.05) is 9.80 Å². The van der Waals surface area contributed by atoms with E-state index in [4.69, 9.17) is 0 Å². The van der Waals surface area contributed by atoms with E-state index in [1.165, 1.54) is 22.0 Å². The molecule has 0 N–H and O–H groups in total. The highest BCUT2D eigenvalue weighted by Crippen LogP contribution is 2.18. The Kier molecular flexibility index (Phi) is 4.30. The molecule has 0 fully saturated rings. The summed E-state index contributed by atoms with van der Waals surface area (Å²) in [7, 11) is 0. The summed E-state index contributed by atoms with van der Waals surface area (Å²) in [6.45, 7) is 2.11. The molecule has 0 aliphatic heterocycles. The van der Waals surface area contributed by atoms with Crippen molar-refractivity contribution < 1.29 is 0 Å². The molecule has 0 aliphatic rings. The molecule has 12 heavy (non-hydrogen) atoms. The molecule has 0 amide bonds. The van der Waals surface area contributed by atoms with Crippen molar-refractivity contribution in [2.45, 2.75) is 19.8 Å². The highest BCUT2D eigenvalue weighted by molar-refractivity contribution is 9.10. The Morgan fingerprint density at radius 1 is 1.33 bits per heavy atom. The third-order valence-electron chi connectivity index (χ3n) is 1.84. The molecule has 0 spiro atoms. The third-order valence-corrected chi connectivity index (χ3v) is 3.25. The third kappa shape index (κ3) is 2.91. The molecular formula is C10H12Br2. The van der Waals surface area contributed by atoms with E-state index in [-0.39, 0.29) is 0 Å². The molecule has 0 atom stereocenters. The predicted octanol–water partition coefficient (Wildman–Crippen LogP) is 4.09. The fourth-order valence-electron chi connectivity index (χ4n) is 1.06. The maximum absolute atomic E-state index is 3.53. The number of alkyl halides is 1. The van der Waals surface area contributed by atoms with Crippen LogP contribution >= 0.6 is 31.9 Å². The summed E-state index contributed by atoms with van der Waals surface area (Å²) in [5, 5.41) is 1.08. The summed E-state index contributed by atoms with van der Waals surface area (Å²) in [6, 6.07) is 6.56. The van der Waals surface area contributed by atoms with Gasteiger partial charge < -0.3 is 0 Å². The van der Waals surface area contributed by atoms with E-state index < -0.39 is 0 Å². The minimum absolute atomic E-state index is 1.08. The zero-order valence-corrected chi connectivity index (χ0v) is 10.3. The number of halogens is 2. The van der Waals surface area contributed by atoms with Crippen LogP contribution in [0, 0.1) is 6.92 Å². The maximum Gasteiger partial charge on any atom is 0.0207 e. The summed E-state index contributed by atoms with van der Waals surface area (Å²) in [6.07, 6.45) is 2.36. The number of hydrogen-bond donors (Lipinski definition) is 0. The molecule has 0 saturated heterocycles. The second-order valence-corrected chi connectivity index (χ2v) is 4.52. The van der Waals surface area contributed by atoms with Crippen molar-refractivity contribution in [3.8, 4) is 0 Å². The molecule has 0 nitrogen and oxygen atoms in total. The van der Waals surface area contributed by atoms with E-state index in [1.54, 1.807) is 0 Å². The quantitative estimate of drug-likeness (QED) is 0.736. The first-order chi connectivity index (χ1) is 5.74. The van der Waals surface area contributed by atoms with Gasteiger partial charge in [0.1, 0.15) is 0 Å². The van der Waals surface area contributed by atoms with Gasteiger partial charge in [0.15, 0.2) is 0 Å². The number of hydrogen-bond acceptors (Lipinski definition) is 0. The molecule has 1 aromatic carbocycles. The van der Waals surface area contributed by atoms with Crippen molar-refractivity contribution >= 4 is 31.9 Å². The van der Waals surface area contributed by atoms with Crippen molar-refractivity contribution in [2.24, 2.45) is 0 Å². The van der Waals surface area contributed by atoms with Gasteiger partial charge in [0.25, 0.3) is 0 Å². The lowest BCUT2D eigenvalue weighted by molar-refractivity contribution is 0.937. The molecule has 0 heterocycles. The van der Waals surface area contributed by atoms with Crippen LogP contribution in [0.25, 0.3) is 0 Å². The van der Waals surface area contributed by atoms with E-state index in [2.05, 4.69) is 57.0 Å². The van der Waals surface area contributed by atoms with Crippen molar-refractivity contribution in [1.82, 2.24) is 0 Å². The molecule has 1 aromatic rings. The van der Waals surface area contributed by atoms with E-state index in [0.717, 1.165) is 11.8 Å². The zero-order chi connectivity index (χ0) is 8.97. The smallest absolute Gasteiger partial charge is 0.0207 e. The molecule has 0 saturated carbocycles. The zero-order valence-electron chi connectivity index (χ0n) is 7.11.